The first-order valence-corrected chi connectivity index (χ1v) is 14.8. The van der Waals surface area contributed by atoms with Gasteiger partial charge in [0.25, 0.3) is 0 Å². The van der Waals surface area contributed by atoms with Crippen LogP contribution < -0.4 is 5.32 Å². The molecule has 12 nitrogen and oxygen atoms in total. The Bertz CT molecular complexity index is 1600. The van der Waals surface area contributed by atoms with Gasteiger partial charge in [-0.25, -0.2) is 29.5 Å². The minimum absolute atomic E-state index is 0.160. The quantitative estimate of drug-likeness (QED) is 0.224. The highest BCUT2D eigenvalue weighted by molar-refractivity contribution is 5.70. The summed E-state index contributed by atoms with van der Waals surface area (Å²) < 4.78 is 10.9. The molecule has 232 valence electrons. The van der Waals surface area contributed by atoms with Crippen LogP contribution in [0.2, 0.25) is 0 Å². The Hall–Kier alpha value is -4.74. The van der Waals surface area contributed by atoms with Gasteiger partial charge in [-0.15, -0.1) is 0 Å². The second-order valence-corrected chi connectivity index (χ2v) is 12.9. The van der Waals surface area contributed by atoms with Crippen LogP contribution in [-0.2, 0) is 9.47 Å². The molecular formula is C32H40N8O4. The summed E-state index contributed by atoms with van der Waals surface area (Å²) >= 11 is 0. The van der Waals surface area contributed by atoms with Crippen LogP contribution in [0.4, 0.5) is 9.59 Å². The lowest BCUT2D eigenvalue weighted by atomic mass is 10.1. The van der Waals surface area contributed by atoms with Gasteiger partial charge >= 0.3 is 12.2 Å². The van der Waals surface area contributed by atoms with Gasteiger partial charge in [-0.1, -0.05) is 24.3 Å². The summed E-state index contributed by atoms with van der Waals surface area (Å²) in [5.41, 5.74) is 3.07. The Morgan fingerprint density at radius 1 is 0.841 bits per heavy atom. The van der Waals surface area contributed by atoms with E-state index in [1.54, 1.807) is 29.7 Å². The Morgan fingerprint density at radius 2 is 1.45 bits per heavy atom. The summed E-state index contributed by atoms with van der Waals surface area (Å²) in [6.07, 6.45) is 7.89. The molecule has 5 rings (SSSR count). The van der Waals surface area contributed by atoms with Crippen molar-refractivity contribution in [2.45, 2.75) is 84.6 Å². The number of nitrogens with one attached hydrogen (secondary N) is 3. The topological polar surface area (TPSA) is 151 Å². The van der Waals surface area contributed by atoms with Crippen LogP contribution in [-0.4, -0.2) is 64.7 Å². The normalized spacial score (nSPS) is 16.1. The first-order valence-electron chi connectivity index (χ1n) is 14.8. The zero-order chi connectivity index (χ0) is 31.6. The highest BCUT2D eigenvalue weighted by atomic mass is 16.6. The number of likely N-dealkylation sites (tertiary alicyclic amines) is 1. The summed E-state index contributed by atoms with van der Waals surface area (Å²) in [6, 6.07) is 7.33. The van der Waals surface area contributed by atoms with E-state index in [1.165, 1.54) is 0 Å². The van der Waals surface area contributed by atoms with Crippen molar-refractivity contribution in [1.29, 1.82) is 0 Å². The van der Waals surface area contributed by atoms with Crippen LogP contribution in [0.25, 0.3) is 33.9 Å². The third-order valence-corrected chi connectivity index (χ3v) is 6.95. The van der Waals surface area contributed by atoms with E-state index in [1.807, 2.05) is 72.7 Å². The lowest BCUT2D eigenvalue weighted by Crippen LogP contribution is -2.36. The number of alkyl carbamates (subject to hydrolysis) is 1. The van der Waals surface area contributed by atoms with Gasteiger partial charge in [0.15, 0.2) is 5.82 Å². The molecule has 0 saturated carbocycles. The third-order valence-electron chi connectivity index (χ3n) is 6.95. The SMILES string of the molecule is C[C@H](NC(=O)OC(C)(C)C)c1ncc(-c2ccc(-c3ncc(-c4cnc([C@@H]5CCCN5C(=O)OC(C)(C)C)[nH]4)cn3)cc2)[nH]1. The summed E-state index contributed by atoms with van der Waals surface area (Å²) in [5, 5.41) is 2.80. The monoisotopic (exact) mass is 600 g/mol. The van der Waals surface area contributed by atoms with Crippen molar-refractivity contribution in [2.75, 3.05) is 6.54 Å². The molecule has 4 aromatic rings. The summed E-state index contributed by atoms with van der Waals surface area (Å²) in [4.78, 5) is 51.4. The fourth-order valence-corrected chi connectivity index (χ4v) is 4.91. The molecule has 12 heteroatoms. The van der Waals surface area contributed by atoms with Crippen molar-refractivity contribution < 1.29 is 19.1 Å². The van der Waals surface area contributed by atoms with Gasteiger partial charge in [0.2, 0.25) is 0 Å². The number of aromatic amines is 2. The number of benzene rings is 1. The van der Waals surface area contributed by atoms with E-state index in [0.29, 0.717) is 18.2 Å². The van der Waals surface area contributed by atoms with E-state index in [2.05, 4.69) is 35.2 Å². The lowest BCUT2D eigenvalue weighted by Gasteiger charge is -2.27. The first-order chi connectivity index (χ1) is 20.8. The van der Waals surface area contributed by atoms with Crippen LogP contribution in [0.3, 0.4) is 0 Å². The number of carbonyl (C=O) groups excluding carboxylic acids is 2. The highest BCUT2D eigenvalue weighted by Gasteiger charge is 2.35. The average molecular weight is 601 g/mol. The molecule has 0 spiro atoms. The van der Waals surface area contributed by atoms with Gasteiger partial charge in [-0.3, -0.25) is 4.90 Å². The minimum Gasteiger partial charge on any atom is -0.444 e. The van der Waals surface area contributed by atoms with Crippen molar-refractivity contribution in [3.05, 3.63) is 60.7 Å². The Balaban J connectivity index is 1.22. The van der Waals surface area contributed by atoms with Crippen molar-refractivity contribution in [3.8, 4) is 33.9 Å². The fourth-order valence-electron chi connectivity index (χ4n) is 4.91. The van der Waals surface area contributed by atoms with Crippen LogP contribution >= 0.6 is 0 Å². The zero-order valence-corrected chi connectivity index (χ0v) is 26.3. The summed E-state index contributed by atoms with van der Waals surface area (Å²) in [6.45, 7) is 13.5. The maximum absolute atomic E-state index is 12.7. The van der Waals surface area contributed by atoms with Crippen LogP contribution in [0.15, 0.2) is 49.1 Å². The minimum atomic E-state index is -0.575. The van der Waals surface area contributed by atoms with E-state index >= 15 is 0 Å². The first kappa shape index (κ1) is 30.7. The van der Waals surface area contributed by atoms with Crippen LogP contribution in [0, 0.1) is 0 Å². The molecule has 3 aromatic heterocycles. The largest absolute Gasteiger partial charge is 0.444 e. The number of H-pyrrole nitrogens is 2. The fraction of sp³-hybridized carbons (Fsp3) is 0.438. The summed E-state index contributed by atoms with van der Waals surface area (Å²) in [5.74, 6) is 1.94. The van der Waals surface area contributed by atoms with Gasteiger partial charge < -0.3 is 24.8 Å². The van der Waals surface area contributed by atoms with Crippen molar-refractivity contribution in [2.24, 2.45) is 0 Å². The molecule has 0 unspecified atom stereocenters. The summed E-state index contributed by atoms with van der Waals surface area (Å²) in [7, 11) is 0. The van der Waals surface area contributed by atoms with Gasteiger partial charge in [0, 0.05) is 30.1 Å². The molecule has 1 aliphatic rings. The number of carbonyl (C=O) groups is 2. The molecule has 2 amide bonds. The number of hydrogen-bond acceptors (Lipinski definition) is 8. The molecule has 2 atom stereocenters. The van der Waals surface area contributed by atoms with Gasteiger partial charge in [-0.2, -0.15) is 0 Å². The molecule has 1 fully saturated rings. The van der Waals surface area contributed by atoms with E-state index in [0.717, 1.165) is 46.7 Å². The lowest BCUT2D eigenvalue weighted by molar-refractivity contribution is 0.0218. The molecule has 1 aliphatic heterocycles. The average Bonchev–Trinajstić information content (AvgIpc) is 3.72. The second-order valence-electron chi connectivity index (χ2n) is 12.9. The molecule has 0 aliphatic carbocycles. The number of nitrogens with zero attached hydrogens (tertiary/aromatic N) is 5. The van der Waals surface area contributed by atoms with Crippen LogP contribution in [0.1, 0.15) is 85.0 Å². The van der Waals surface area contributed by atoms with Crippen molar-refractivity contribution >= 4 is 12.2 Å². The molecule has 0 bridgehead atoms. The molecule has 1 saturated heterocycles. The number of amides is 2. The Kier molecular flexibility index (Phi) is 8.44. The Morgan fingerprint density at radius 3 is 2.11 bits per heavy atom. The third kappa shape index (κ3) is 7.42. The molecule has 44 heavy (non-hydrogen) atoms. The van der Waals surface area contributed by atoms with Crippen molar-refractivity contribution in [1.82, 2.24) is 40.1 Å². The number of imidazole rings is 2. The predicted octanol–water partition coefficient (Wildman–Crippen LogP) is 6.58. The Labute approximate surface area is 257 Å². The van der Waals surface area contributed by atoms with Gasteiger partial charge in [-0.05, 0) is 66.9 Å². The molecular weight excluding hydrogens is 560 g/mol. The zero-order valence-electron chi connectivity index (χ0n) is 26.3. The molecule has 3 N–H and O–H groups in total. The predicted molar refractivity (Wildman–Crippen MR) is 165 cm³/mol. The number of aromatic nitrogens is 6. The number of hydrogen-bond donors (Lipinski definition) is 3. The highest BCUT2D eigenvalue weighted by Crippen LogP contribution is 2.33. The van der Waals surface area contributed by atoms with E-state index in [9.17, 15) is 9.59 Å². The van der Waals surface area contributed by atoms with Crippen LogP contribution in [0.5, 0.6) is 0 Å². The van der Waals surface area contributed by atoms with Crippen molar-refractivity contribution in [3.63, 3.8) is 0 Å². The number of rotatable bonds is 6. The maximum atomic E-state index is 12.7. The van der Waals surface area contributed by atoms with Gasteiger partial charge in [0.05, 0.1) is 35.9 Å². The smallest absolute Gasteiger partial charge is 0.410 e. The van der Waals surface area contributed by atoms with E-state index in [-0.39, 0.29) is 18.2 Å². The van der Waals surface area contributed by atoms with Gasteiger partial charge in [0.1, 0.15) is 22.9 Å². The number of ether oxygens (including phenoxy) is 2. The second kappa shape index (κ2) is 12.1. The standard InChI is InChI=1S/C32H40N8O4/c1-19(37-29(41)43-31(2,3)4)26-35-17-23(38-26)20-10-12-21(13-11-20)27-33-15-22(16-34-27)24-18-36-28(39-24)25-9-8-14-40(25)30(42)44-32(5,6)7/h10-13,15-19,25H,8-9,14H2,1-7H3,(H,35,38)(H,36,39)(H,37,41)/t19-,25-/m0/s1. The molecule has 0 radical (unpaired) electrons. The molecule has 4 heterocycles. The molecule has 1 aromatic carbocycles. The van der Waals surface area contributed by atoms with E-state index < -0.39 is 17.3 Å². The van der Waals surface area contributed by atoms with E-state index in [4.69, 9.17) is 9.47 Å². The maximum Gasteiger partial charge on any atom is 0.410 e.